The van der Waals surface area contributed by atoms with Crippen LogP contribution in [0.15, 0.2) is 47.6 Å². The van der Waals surface area contributed by atoms with Gasteiger partial charge < -0.3 is 30.0 Å². The van der Waals surface area contributed by atoms with Gasteiger partial charge in [-0.1, -0.05) is 18.2 Å². The summed E-state index contributed by atoms with van der Waals surface area (Å²) in [6, 6.07) is 11.3. The molecular formula is C23H34N4O4. The molecule has 3 N–H and O–H groups in total. The van der Waals surface area contributed by atoms with Gasteiger partial charge in [0.05, 0.1) is 25.4 Å². The van der Waals surface area contributed by atoms with Gasteiger partial charge in [0.15, 0.2) is 5.96 Å². The van der Waals surface area contributed by atoms with Gasteiger partial charge in [-0.2, -0.15) is 0 Å². The van der Waals surface area contributed by atoms with Gasteiger partial charge >= 0.3 is 0 Å². The largest absolute Gasteiger partial charge is 0.491 e. The maximum atomic E-state index is 10.6. The second-order valence-corrected chi connectivity index (χ2v) is 7.14. The molecule has 0 saturated carbocycles. The van der Waals surface area contributed by atoms with Gasteiger partial charge in [0, 0.05) is 32.0 Å². The van der Waals surface area contributed by atoms with Crippen molar-refractivity contribution in [3.05, 3.63) is 53.7 Å². The Balaban J connectivity index is 1.99. The van der Waals surface area contributed by atoms with Crippen molar-refractivity contribution < 1.29 is 19.3 Å². The van der Waals surface area contributed by atoms with Crippen LogP contribution in [0.3, 0.4) is 0 Å². The summed E-state index contributed by atoms with van der Waals surface area (Å²) < 4.78 is 16.4. The van der Waals surface area contributed by atoms with Crippen molar-refractivity contribution in [1.82, 2.24) is 15.6 Å². The zero-order chi connectivity index (χ0) is 22.5. The Labute approximate surface area is 184 Å². The number of ether oxygens (including phenoxy) is 3. The van der Waals surface area contributed by atoms with Crippen molar-refractivity contribution in [2.45, 2.75) is 39.5 Å². The fourth-order valence-electron chi connectivity index (χ4n) is 2.78. The minimum atomic E-state index is -0.703. The lowest BCUT2D eigenvalue weighted by Gasteiger charge is -2.17. The standard InChI is InChI=1S/C23H34N4O4/c1-5-24-23(26-15-19-9-7-11-25-22(19)30-13-12-29-4)27-16-21(28)18-8-6-10-20(14-18)31-17(2)3/h6-11,14,17,21,28H,5,12-13,15-16H2,1-4H3,(H2,24,26,27). The lowest BCUT2D eigenvalue weighted by molar-refractivity contribution is 0.143. The van der Waals surface area contributed by atoms with E-state index in [9.17, 15) is 5.11 Å². The van der Waals surface area contributed by atoms with Crippen molar-refractivity contribution in [2.75, 3.05) is 33.4 Å². The van der Waals surface area contributed by atoms with Crippen molar-refractivity contribution in [3.63, 3.8) is 0 Å². The summed E-state index contributed by atoms with van der Waals surface area (Å²) in [7, 11) is 1.63. The van der Waals surface area contributed by atoms with Crippen LogP contribution in [0.25, 0.3) is 0 Å². The number of hydrogen-bond acceptors (Lipinski definition) is 6. The van der Waals surface area contributed by atoms with E-state index in [-0.39, 0.29) is 6.10 Å². The van der Waals surface area contributed by atoms with E-state index in [4.69, 9.17) is 14.2 Å². The fourth-order valence-corrected chi connectivity index (χ4v) is 2.78. The SMILES string of the molecule is CCNC(=NCc1cccnc1OCCOC)NCC(O)c1cccc(OC(C)C)c1. The van der Waals surface area contributed by atoms with Crippen LogP contribution in [-0.2, 0) is 11.3 Å². The summed E-state index contributed by atoms with van der Waals surface area (Å²) in [5.74, 6) is 1.88. The summed E-state index contributed by atoms with van der Waals surface area (Å²) >= 11 is 0. The summed E-state index contributed by atoms with van der Waals surface area (Å²) in [4.78, 5) is 8.88. The number of rotatable bonds is 12. The molecule has 1 heterocycles. The van der Waals surface area contributed by atoms with Crippen molar-refractivity contribution in [1.29, 1.82) is 0 Å². The number of pyridine rings is 1. The molecule has 2 rings (SSSR count). The number of aliphatic imine (C=N–C) groups is 1. The number of nitrogens with zero attached hydrogens (tertiary/aromatic N) is 2. The van der Waals surface area contributed by atoms with Gasteiger partial charge in [0.1, 0.15) is 12.4 Å². The Morgan fingerprint density at radius 1 is 1.16 bits per heavy atom. The van der Waals surface area contributed by atoms with Gasteiger partial charge in [-0.15, -0.1) is 0 Å². The number of aliphatic hydroxyl groups is 1. The molecule has 0 fully saturated rings. The summed E-state index contributed by atoms with van der Waals surface area (Å²) in [6.45, 7) is 8.24. The van der Waals surface area contributed by atoms with Gasteiger partial charge in [0.2, 0.25) is 5.88 Å². The minimum absolute atomic E-state index is 0.0776. The van der Waals surface area contributed by atoms with Crippen LogP contribution in [0.5, 0.6) is 11.6 Å². The number of methoxy groups -OCH3 is 1. The van der Waals surface area contributed by atoms with Crippen LogP contribution >= 0.6 is 0 Å². The first-order valence-corrected chi connectivity index (χ1v) is 10.6. The molecule has 1 unspecified atom stereocenters. The molecule has 0 aliphatic rings. The predicted molar refractivity (Wildman–Crippen MR) is 122 cm³/mol. The molecule has 0 spiro atoms. The molecule has 1 aromatic heterocycles. The number of nitrogens with one attached hydrogen (secondary N) is 2. The average Bonchev–Trinajstić information content (AvgIpc) is 2.76. The number of hydrogen-bond donors (Lipinski definition) is 3. The molecule has 0 radical (unpaired) electrons. The molecule has 8 heteroatoms. The molecule has 8 nitrogen and oxygen atoms in total. The van der Waals surface area contributed by atoms with E-state index in [0.29, 0.717) is 44.7 Å². The molecule has 0 aliphatic heterocycles. The molecule has 1 aromatic carbocycles. The quantitative estimate of drug-likeness (QED) is 0.271. The number of aliphatic hydroxyl groups excluding tert-OH is 1. The molecular weight excluding hydrogens is 396 g/mol. The molecule has 2 aromatic rings. The summed E-state index contributed by atoms with van der Waals surface area (Å²) in [5.41, 5.74) is 1.65. The normalized spacial score (nSPS) is 12.5. The monoisotopic (exact) mass is 430 g/mol. The van der Waals surface area contributed by atoms with Crippen LogP contribution in [0.2, 0.25) is 0 Å². The second-order valence-electron chi connectivity index (χ2n) is 7.14. The van der Waals surface area contributed by atoms with E-state index >= 15 is 0 Å². The van der Waals surface area contributed by atoms with E-state index in [2.05, 4.69) is 20.6 Å². The van der Waals surface area contributed by atoms with Gasteiger partial charge in [-0.3, -0.25) is 0 Å². The van der Waals surface area contributed by atoms with E-state index < -0.39 is 6.10 Å². The first-order chi connectivity index (χ1) is 15.0. The molecule has 170 valence electrons. The van der Waals surface area contributed by atoms with E-state index in [1.165, 1.54) is 0 Å². The van der Waals surface area contributed by atoms with Crippen molar-refractivity contribution in [2.24, 2.45) is 4.99 Å². The Kier molecular flexibility index (Phi) is 10.6. The molecule has 0 saturated heterocycles. The number of aromatic nitrogens is 1. The number of guanidine groups is 1. The highest BCUT2D eigenvalue weighted by Crippen LogP contribution is 2.20. The van der Waals surface area contributed by atoms with Gasteiger partial charge in [-0.25, -0.2) is 9.98 Å². The molecule has 0 aliphatic carbocycles. The fraction of sp³-hybridized carbons (Fsp3) is 0.478. The maximum absolute atomic E-state index is 10.6. The highest BCUT2D eigenvalue weighted by Gasteiger charge is 2.11. The zero-order valence-electron chi connectivity index (χ0n) is 18.8. The van der Waals surface area contributed by atoms with Crippen molar-refractivity contribution in [3.8, 4) is 11.6 Å². The van der Waals surface area contributed by atoms with Crippen LogP contribution in [0.4, 0.5) is 0 Å². The van der Waals surface area contributed by atoms with E-state index in [1.807, 2.05) is 57.2 Å². The summed E-state index contributed by atoms with van der Waals surface area (Å²) in [6.07, 6.45) is 1.06. The van der Waals surface area contributed by atoms with Gasteiger partial charge in [0.25, 0.3) is 0 Å². The topological polar surface area (TPSA) is 97.2 Å². The average molecular weight is 431 g/mol. The molecule has 0 bridgehead atoms. The Hall–Kier alpha value is -2.84. The smallest absolute Gasteiger partial charge is 0.218 e. The first kappa shape index (κ1) is 24.4. The van der Waals surface area contributed by atoms with Crippen molar-refractivity contribution >= 4 is 5.96 Å². The lowest BCUT2D eigenvalue weighted by atomic mass is 10.1. The van der Waals surface area contributed by atoms with E-state index in [1.54, 1.807) is 13.3 Å². The van der Waals surface area contributed by atoms with Gasteiger partial charge in [-0.05, 0) is 44.5 Å². The molecule has 0 amide bonds. The molecule has 31 heavy (non-hydrogen) atoms. The van der Waals surface area contributed by atoms with Crippen LogP contribution in [0, 0.1) is 0 Å². The molecule has 1 atom stereocenters. The van der Waals surface area contributed by atoms with E-state index in [0.717, 1.165) is 16.9 Å². The van der Waals surface area contributed by atoms with Crippen LogP contribution < -0.4 is 20.1 Å². The first-order valence-electron chi connectivity index (χ1n) is 10.6. The van der Waals surface area contributed by atoms with Crippen LogP contribution in [-0.4, -0.2) is 55.6 Å². The third-order valence-electron chi connectivity index (χ3n) is 4.21. The summed E-state index contributed by atoms with van der Waals surface area (Å²) in [5, 5.41) is 17.0. The highest BCUT2D eigenvalue weighted by atomic mass is 16.5. The third kappa shape index (κ3) is 8.82. The van der Waals surface area contributed by atoms with Crippen LogP contribution in [0.1, 0.15) is 38.0 Å². The number of benzene rings is 1. The zero-order valence-corrected chi connectivity index (χ0v) is 18.8. The lowest BCUT2D eigenvalue weighted by Crippen LogP contribution is -2.39. The minimum Gasteiger partial charge on any atom is -0.491 e. The third-order valence-corrected chi connectivity index (χ3v) is 4.21. The maximum Gasteiger partial charge on any atom is 0.218 e. The second kappa shape index (κ2) is 13.5. The Bertz CT molecular complexity index is 814. The Morgan fingerprint density at radius 2 is 2.00 bits per heavy atom. The Morgan fingerprint density at radius 3 is 2.74 bits per heavy atom. The highest BCUT2D eigenvalue weighted by molar-refractivity contribution is 5.79. The predicted octanol–water partition coefficient (Wildman–Crippen LogP) is 2.68.